The summed E-state index contributed by atoms with van der Waals surface area (Å²) in [6.45, 7) is 3.33. The average molecular weight is 296 g/mol. The van der Waals surface area contributed by atoms with Crippen molar-refractivity contribution in [1.82, 2.24) is 0 Å². The summed E-state index contributed by atoms with van der Waals surface area (Å²) in [7, 11) is 1.63. The largest absolute Gasteiger partial charge is 0.497 e. The lowest BCUT2D eigenvalue weighted by Crippen LogP contribution is -2.29. The molecule has 1 heterocycles. The van der Waals surface area contributed by atoms with Crippen molar-refractivity contribution in [3.63, 3.8) is 0 Å². The lowest BCUT2D eigenvalue weighted by molar-refractivity contribution is -0.128. The van der Waals surface area contributed by atoms with Crippen LogP contribution in [-0.4, -0.2) is 18.6 Å². The molecule has 1 atom stereocenters. The van der Waals surface area contributed by atoms with Crippen LogP contribution in [0, 0.1) is 0 Å². The molecule has 0 saturated carbocycles. The van der Waals surface area contributed by atoms with Crippen molar-refractivity contribution in [2.24, 2.45) is 10.2 Å². The minimum absolute atomic E-state index is 0.198. The number of azo groups is 1. The number of fused-ring (bicyclic) bond motifs is 1. The molecule has 3 rings (SSSR count). The molecule has 1 aliphatic rings. The molecule has 2 aromatic carbocycles. The van der Waals surface area contributed by atoms with Gasteiger partial charge in [0.2, 0.25) is 5.78 Å². The van der Waals surface area contributed by atoms with Gasteiger partial charge in [0.05, 0.1) is 12.8 Å². The third-order valence-electron chi connectivity index (χ3n) is 3.54. The van der Waals surface area contributed by atoms with E-state index in [-0.39, 0.29) is 5.78 Å². The van der Waals surface area contributed by atoms with Crippen LogP contribution in [0.15, 0.2) is 58.5 Å². The van der Waals surface area contributed by atoms with Gasteiger partial charge in [-0.2, -0.15) is 5.11 Å². The zero-order valence-corrected chi connectivity index (χ0v) is 12.7. The molecule has 0 amide bonds. The van der Waals surface area contributed by atoms with Gasteiger partial charge in [0.15, 0.2) is 0 Å². The van der Waals surface area contributed by atoms with E-state index in [1.165, 1.54) is 6.08 Å². The first-order valence-electron chi connectivity index (χ1n) is 6.93. The molecule has 1 aliphatic heterocycles. The van der Waals surface area contributed by atoms with Gasteiger partial charge < -0.3 is 9.47 Å². The van der Waals surface area contributed by atoms with Crippen LogP contribution in [0.5, 0.6) is 5.75 Å². The normalized spacial score (nSPS) is 21.2. The highest BCUT2D eigenvalue weighted by Gasteiger charge is 2.39. The molecule has 5 heteroatoms. The summed E-state index contributed by atoms with van der Waals surface area (Å²) in [5, 5.41) is 10.3. The van der Waals surface area contributed by atoms with Gasteiger partial charge in [0.1, 0.15) is 11.5 Å². The first-order chi connectivity index (χ1) is 10.5. The number of carbonyl (C=O) groups is 1. The van der Waals surface area contributed by atoms with Gasteiger partial charge in [-0.15, -0.1) is 5.11 Å². The number of hydrogen-bond donors (Lipinski definition) is 0. The van der Waals surface area contributed by atoms with Crippen LogP contribution in [0.2, 0.25) is 0 Å². The molecule has 0 spiro atoms. The Bertz CT molecular complexity index is 811. The fraction of sp³-hybridized carbons (Fsp3) is 0.235. The van der Waals surface area contributed by atoms with E-state index in [1.807, 2.05) is 36.4 Å². The van der Waals surface area contributed by atoms with E-state index >= 15 is 0 Å². The Morgan fingerprint density at radius 2 is 1.91 bits per heavy atom. The van der Waals surface area contributed by atoms with Crippen molar-refractivity contribution in [3.05, 3.63) is 48.2 Å². The summed E-state index contributed by atoms with van der Waals surface area (Å²) in [4.78, 5) is 11.9. The summed E-state index contributed by atoms with van der Waals surface area (Å²) in [6.07, 6.45) is 1.43. The smallest absolute Gasteiger partial charge is 0.278 e. The predicted octanol–water partition coefficient (Wildman–Crippen LogP) is 4.15. The lowest BCUT2D eigenvalue weighted by Gasteiger charge is -2.16. The highest BCUT2D eigenvalue weighted by atomic mass is 16.5. The van der Waals surface area contributed by atoms with Crippen LogP contribution in [0.3, 0.4) is 0 Å². The van der Waals surface area contributed by atoms with E-state index < -0.39 is 5.72 Å². The molecule has 0 aliphatic carbocycles. The zero-order chi connectivity index (χ0) is 15.7. The van der Waals surface area contributed by atoms with Crippen molar-refractivity contribution < 1.29 is 14.3 Å². The fourth-order valence-corrected chi connectivity index (χ4v) is 2.34. The molecule has 0 aromatic heterocycles. The first kappa shape index (κ1) is 14.3. The maximum Gasteiger partial charge on any atom is 0.278 e. The van der Waals surface area contributed by atoms with Crippen LogP contribution in [0.1, 0.15) is 13.8 Å². The number of ether oxygens (including phenoxy) is 2. The van der Waals surface area contributed by atoms with Gasteiger partial charge in [-0.1, -0.05) is 12.1 Å². The average Bonchev–Trinajstić information content (AvgIpc) is 2.77. The minimum Gasteiger partial charge on any atom is -0.497 e. The van der Waals surface area contributed by atoms with E-state index in [9.17, 15) is 4.79 Å². The highest BCUT2D eigenvalue weighted by molar-refractivity contribution is 5.98. The monoisotopic (exact) mass is 296 g/mol. The van der Waals surface area contributed by atoms with Crippen LogP contribution in [0.4, 0.5) is 5.69 Å². The molecule has 2 aromatic rings. The van der Waals surface area contributed by atoms with Gasteiger partial charge in [-0.3, -0.25) is 4.79 Å². The summed E-state index contributed by atoms with van der Waals surface area (Å²) in [5.41, 5.74) is -0.601. The van der Waals surface area contributed by atoms with Crippen molar-refractivity contribution in [3.8, 4) is 5.75 Å². The van der Waals surface area contributed by atoms with E-state index in [0.29, 0.717) is 11.4 Å². The molecular formula is C17H16N2O3. The second-order valence-corrected chi connectivity index (χ2v) is 5.30. The molecule has 0 saturated heterocycles. The Morgan fingerprint density at radius 3 is 2.59 bits per heavy atom. The number of rotatable bonds is 3. The number of benzene rings is 2. The minimum atomic E-state index is -1.26. The van der Waals surface area contributed by atoms with Gasteiger partial charge in [0.25, 0.3) is 5.72 Å². The SMILES string of the molecule is COc1ccc2ccc(N=NC3(C)OC(C)=CC3=O)cc2c1. The molecule has 0 bridgehead atoms. The van der Waals surface area contributed by atoms with Crippen LogP contribution < -0.4 is 4.74 Å². The van der Waals surface area contributed by atoms with E-state index in [1.54, 1.807) is 21.0 Å². The fourth-order valence-electron chi connectivity index (χ4n) is 2.34. The highest BCUT2D eigenvalue weighted by Crippen LogP contribution is 2.29. The standard InChI is InChI=1S/C17H16N2O3/c1-11-8-16(20)17(2,22-11)19-18-14-6-4-12-5-7-15(21-3)10-13(12)9-14/h4-10H,1-3H3. The van der Waals surface area contributed by atoms with Crippen molar-refractivity contribution in [2.45, 2.75) is 19.6 Å². The number of ketones is 1. The lowest BCUT2D eigenvalue weighted by atomic mass is 10.1. The van der Waals surface area contributed by atoms with E-state index in [4.69, 9.17) is 9.47 Å². The Hall–Kier alpha value is -2.69. The Morgan fingerprint density at radius 1 is 1.14 bits per heavy atom. The van der Waals surface area contributed by atoms with Crippen molar-refractivity contribution in [1.29, 1.82) is 0 Å². The quantitative estimate of drug-likeness (QED) is 0.799. The summed E-state index contributed by atoms with van der Waals surface area (Å²) in [5.74, 6) is 1.13. The van der Waals surface area contributed by atoms with Gasteiger partial charge in [0, 0.05) is 13.0 Å². The number of allylic oxidation sites excluding steroid dienone is 1. The second-order valence-electron chi connectivity index (χ2n) is 5.30. The summed E-state index contributed by atoms with van der Waals surface area (Å²) >= 11 is 0. The number of hydrogen-bond acceptors (Lipinski definition) is 5. The topological polar surface area (TPSA) is 60.3 Å². The van der Waals surface area contributed by atoms with Crippen LogP contribution in [0.25, 0.3) is 10.8 Å². The zero-order valence-electron chi connectivity index (χ0n) is 12.7. The molecule has 1 unspecified atom stereocenters. The molecule has 112 valence electrons. The molecule has 22 heavy (non-hydrogen) atoms. The maximum absolute atomic E-state index is 11.9. The van der Waals surface area contributed by atoms with Gasteiger partial charge >= 0.3 is 0 Å². The third kappa shape index (κ3) is 2.57. The van der Waals surface area contributed by atoms with Crippen molar-refractivity contribution in [2.75, 3.05) is 7.11 Å². The Kier molecular flexibility index (Phi) is 3.41. The third-order valence-corrected chi connectivity index (χ3v) is 3.54. The van der Waals surface area contributed by atoms with E-state index in [2.05, 4.69) is 10.2 Å². The summed E-state index contributed by atoms with van der Waals surface area (Å²) in [6, 6.07) is 11.5. The number of nitrogens with zero attached hydrogens (tertiary/aromatic N) is 2. The number of carbonyl (C=O) groups excluding carboxylic acids is 1. The Labute approximate surface area is 128 Å². The molecule has 5 nitrogen and oxygen atoms in total. The van der Waals surface area contributed by atoms with Crippen LogP contribution in [-0.2, 0) is 9.53 Å². The van der Waals surface area contributed by atoms with E-state index in [0.717, 1.165) is 16.5 Å². The van der Waals surface area contributed by atoms with Gasteiger partial charge in [-0.05, 0) is 42.0 Å². The second kappa shape index (κ2) is 5.26. The van der Waals surface area contributed by atoms with Crippen molar-refractivity contribution >= 4 is 22.2 Å². The first-order valence-corrected chi connectivity index (χ1v) is 6.93. The maximum atomic E-state index is 11.9. The molecule has 0 radical (unpaired) electrons. The van der Waals surface area contributed by atoms with Crippen LogP contribution >= 0.6 is 0 Å². The Balaban J connectivity index is 1.91. The molecule has 0 fully saturated rings. The molecule has 0 N–H and O–H groups in total. The summed E-state index contributed by atoms with van der Waals surface area (Å²) < 4.78 is 10.7. The predicted molar refractivity (Wildman–Crippen MR) is 83.3 cm³/mol. The molecular weight excluding hydrogens is 280 g/mol. The van der Waals surface area contributed by atoms with Gasteiger partial charge in [-0.25, -0.2) is 0 Å². The number of methoxy groups -OCH3 is 1.